The van der Waals surface area contributed by atoms with Gasteiger partial charge >= 0.3 is 5.91 Å². The third-order valence-corrected chi connectivity index (χ3v) is 3.41. The molecule has 7 heteroatoms. The Hall–Kier alpha value is -2.41. The van der Waals surface area contributed by atoms with Crippen LogP contribution in [0.1, 0.15) is 32.0 Å². The van der Waals surface area contributed by atoms with Gasteiger partial charge in [0, 0.05) is 0 Å². The second-order valence-corrected chi connectivity index (χ2v) is 4.65. The maximum absolute atomic E-state index is 11.5. The molecule has 2 rings (SSSR count). The third kappa shape index (κ3) is 3.08. The number of rotatable bonds is 4. The minimum atomic E-state index is -1.23. The van der Waals surface area contributed by atoms with Gasteiger partial charge in [0.05, 0.1) is 27.7 Å². The lowest BCUT2D eigenvalue weighted by Crippen LogP contribution is -2.20. The normalized spacial score (nSPS) is 11.3. The molecule has 0 aliphatic heterocycles. The summed E-state index contributed by atoms with van der Waals surface area (Å²) >= 11 is 1.03. The quantitative estimate of drug-likeness (QED) is 0.662. The van der Waals surface area contributed by atoms with E-state index in [-0.39, 0.29) is 10.6 Å². The molecule has 0 aliphatic carbocycles. The molecule has 2 aromatic heterocycles. The molecule has 1 amide bonds. The van der Waals surface area contributed by atoms with E-state index in [2.05, 4.69) is 10.5 Å². The van der Waals surface area contributed by atoms with Gasteiger partial charge in [-0.1, -0.05) is 0 Å². The number of amides is 1. The molecule has 0 saturated carbocycles. The zero-order valence-corrected chi connectivity index (χ0v) is 10.7. The van der Waals surface area contributed by atoms with E-state index >= 15 is 0 Å². The van der Waals surface area contributed by atoms with Crippen LogP contribution in [0.2, 0.25) is 0 Å². The van der Waals surface area contributed by atoms with Gasteiger partial charge in [0.25, 0.3) is 0 Å². The SMILES string of the molecule is C/C(=N/NC(=O)c1ccco1)c1ccc(C(=O)[O-])s1. The van der Waals surface area contributed by atoms with Crippen molar-refractivity contribution < 1.29 is 19.1 Å². The van der Waals surface area contributed by atoms with Crippen molar-refractivity contribution in [3.05, 3.63) is 46.0 Å². The maximum atomic E-state index is 11.5. The van der Waals surface area contributed by atoms with Crippen LogP contribution in [0.5, 0.6) is 0 Å². The molecule has 0 spiro atoms. The summed E-state index contributed by atoms with van der Waals surface area (Å²) in [4.78, 5) is 22.9. The van der Waals surface area contributed by atoms with E-state index in [1.807, 2.05) is 0 Å². The summed E-state index contributed by atoms with van der Waals surface area (Å²) < 4.78 is 4.90. The van der Waals surface area contributed by atoms with Crippen molar-refractivity contribution in [1.82, 2.24) is 5.43 Å². The topological polar surface area (TPSA) is 94.7 Å². The number of furan rings is 1. The number of carbonyl (C=O) groups is 2. The highest BCUT2D eigenvalue weighted by atomic mass is 32.1. The van der Waals surface area contributed by atoms with Crippen molar-refractivity contribution >= 4 is 28.9 Å². The Morgan fingerprint density at radius 1 is 1.32 bits per heavy atom. The van der Waals surface area contributed by atoms with Gasteiger partial charge in [0.15, 0.2) is 5.76 Å². The standard InChI is InChI=1S/C12H10N2O4S/c1-7(9-4-5-10(19-9)12(16)17)13-14-11(15)8-3-2-6-18-8/h2-6H,1H3,(H,14,15)(H,16,17)/p-1/b13-7-. The minimum absolute atomic E-state index is 0.113. The number of thiophene rings is 1. The van der Waals surface area contributed by atoms with E-state index < -0.39 is 11.9 Å². The molecule has 0 fully saturated rings. The van der Waals surface area contributed by atoms with Crippen LogP contribution in [0, 0.1) is 0 Å². The number of hydrogen-bond donors (Lipinski definition) is 1. The Morgan fingerprint density at radius 2 is 2.05 bits per heavy atom. The number of hydrazone groups is 1. The summed E-state index contributed by atoms with van der Waals surface area (Å²) in [5.41, 5.74) is 2.82. The first-order valence-corrected chi connectivity index (χ1v) is 6.09. The van der Waals surface area contributed by atoms with Crippen LogP contribution in [0.15, 0.2) is 40.0 Å². The largest absolute Gasteiger partial charge is 0.544 e. The first-order chi connectivity index (χ1) is 9.08. The van der Waals surface area contributed by atoms with Crippen LogP contribution < -0.4 is 10.5 Å². The zero-order chi connectivity index (χ0) is 13.8. The highest BCUT2D eigenvalue weighted by Crippen LogP contribution is 2.16. The molecule has 0 radical (unpaired) electrons. The van der Waals surface area contributed by atoms with E-state index in [0.29, 0.717) is 10.6 Å². The Morgan fingerprint density at radius 3 is 2.63 bits per heavy atom. The smallest absolute Gasteiger partial charge is 0.307 e. The zero-order valence-electron chi connectivity index (χ0n) is 9.88. The fourth-order valence-electron chi connectivity index (χ4n) is 1.29. The molecule has 0 saturated heterocycles. The van der Waals surface area contributed by atoms with Gasteiger partial charge in [0.2, 0.25) is 0 Å². The van der Waals surface area contributed by atoms with Crippen LogP contribution in [0.3, 0.4) is 0 Å². The van der Waals surface area contributed by atoms with E-state index in [1.165, 1.54) is 18.4 Å². The predicted molar refractivity (Wildman–Crippen MR) is 67.0 cm³/mol. The van der Waals surface area contributed by atoms with Crippen molar-refractivity contribution in [2.45, 2.75) is 6.92 Å². The summed E-state index contributed by atoms with van der Waals surface area (Å²) in [6.07, 6.45) is 1.39. The highest BCUT2D eigenvalue weighted by Gasteiger charge is 2.08. The first-order valence-electron chi connectivity index (χ1n) is 5.27. The Balaban J connectivity index is 2.06. The average molecular weight is 277 g/mol. The van der Waals surface area contributed by atoms with Crippen molar-refractivity contribution in [3.63, 3.8) is 0 Å². The number of carboxylic acids is 1. The van der Waals surface area contributed by atoms with Gasteiger partial charge in [-0.15, -0.1) is 11.3 Å². The van der Waals surface area contributed by atoms with Crippen molar-refractivity contribution in [2.75, 3.05) is 0 Å². The van der Waals surface area contributed by atoms with E-state index in [1.54, 1.807) is 19.1 Å². The molecule has 0 aliphatic rings. The summed E-state index contributed by atoms with van der Waals surface area (Å²) in [5.74, 6) is -1.55. The molecule has 2 aromatic rings. The molecule has 2 heterocycles. The van der Waals surface area contributed by atoms with Gasteiger partial charge in [-0.2, -0.15) is 5.10 Å². The van der Waals surface area contributed by atoms with Crippen LogP contribution in [-0.4, -0.2) is 17.6 Å². The predicted octanol–water partition coefficient (Wildman–Crippen LogP) is 0.859. The van der Waals surface area contributed by atoms with Crippen LogP contribution in [0.25, 0.3) is 0 Å². The number of carboxylic acid groups (broad SMARTS) is 1. The summed E-state index contributed by atoms with van der Waals surface area (Å²) in [6.45, 7) is 1.66. The second-order valence-electron chi connectivity index (χ2n) is 3.57. The van der Waals surface area contributed by atoms with Gasteiger partial charge in [-0.25, -0.2) is 5.43 Å². The minimum Gasteiger partial charge on any atom is -0.544 e. The number of carbonyl (C=O) groups excluding carboxylic acids is 2. The first kappa shape index (κ1) is 13.0. The van der Waals surface area contributed by atoms with Gasteiger partial charge in [-0.05, 0) is 31.2 Å². The highest BCUT2D eigenvalue weighted by molar-refractivity contribution is 7.15. The van der Waals surface area contributed by atoms with E-state index in [9.17, 15) is 14.7 Å². The lowest BCUT2D eigenvalue weighted by atomic mass is 10.3. The van der Waals surface area contributed by atoms with Gasteiger partial charge < -0.3 is 14.3 Å². The number of nitrogens with zero attached hydrogens (tertiary/aromatic N) is 1. The van der Waals surface area contributed by atoms with Crippen molar-refractivity contribution in [3.8, 4) is 0 Å². The lowest BCUT2D eigenvalue weighted by molar-refractivity contribution is -0.254. The Kier molecular flexibility index (Phi) is 3.76. The van der Waals surface area contributed by atoms with Crippen molar-refractivity contribution in [1.29, 1.82) is 0 Å². The van der Waals surface area contributed by atoms with Crippen LogP contribution in [-0.2, 0) is 0 Å². The van der Waals surface area contributed by atoms with Crippen LogP contribution >= 0.6 is 11.3 Å². The monoisotopic (exact) mass is 277 g/mol. The molecule has 0 bridgehead atoms. The average Bonchev–Trinajstić information content (AvgIpc) is 3.05. The van der Waals surface area contributed by atoms with E-state index in [4.69, 9.17) is 4.42 Å². The second kappa shape index (κ2) is 5.49. The summed E-state index contributed by atoms with van der Waals surface area (Å²) in [6, 6.07) is 6.15. The van der Waals surface area contributed by atoms with Crippen LogP contribution in [0.4, 0.5) is 0 Å². The molecule has 0 unspecified atom stereocenters. The molecule has 19 heavy (non-hydrogen) atoms. The number of aromatic carboxylic acids is 1. The molecular formula is C12H9N2O4S-. The number of hydrogen-bond acceptors (Lipinski definition) is 6. The summed E-state index contributed by atoms with van der Waals surface area (Å²) in [7, 11) is 0. The fraction of sp³-hybridized carbons (Fsp3) is 0.0833. The fourth-order valence-corrected chi connectivity index (χ4v) is 2.08. The Bertz CT molecular complexity index is 628. The number of nitrogens with one attached hydrogen (secondary N) is 1. The Labute approximate surface area is 112 Å². The summed E-state index contributed by atoms with van der Waals surface area (Å²) in [5, 5.41) is 14.5. The van der Waals surface area contributed by atoms with Crippen molar-refractivity contribution in [2.24, 2.45) is 5.10 Å². The molecule has 0 aromatic carbocycles. The third-order valence-electron chi connectivity index (χ3n) is 2.23. The maximum Gasteiger partial charge on any atom is 0.307 e. The lowest BCUT2D eigenvalue weighted by Gasteiger charge is -1.99. The van der Waals surface area contributed by atoms with Gasteiger partial charge in [-0.3, -0.25) is 4.79 Å². The molecule has 6 nitrogen and oxygen atoms in total. The molecule has 1 N–H and O–H groups in total. The molecular weight excluding hydrogens is 268 g/mol. The van der Waals surface area contributed by atoms with Gasteiger partial charge in [0.1, 0.15) is 0 Å². The molecule has 98 valence electrons. The molecule has 0 atom stereocenters. The van der Waals surface area contributed by atoms with E-state index in [0.717, 1.165) is 11.3 Å².